The quantitative estimate of drug-likeness (QED) is 0.142. The Labute approximate surface area is 309 Å². The Morgan fingerprint density at radius 3 is 1.90 bits per heavy atom. The summed E-state index contributed by atoms with van der Waals surface area (Å²) in [4.78, 5) is 82.7. The molecule has 0 bridgehead atoms. The predicted octanol–water partition coefficient (Wildman–Crippen LogP) is 4.18. The first-order valence-electron chi connectivity index (χ1n) is 18.5. The van der Waals surface area contributed by atoms with Gasteiger partial charge in [-0.05, 0) is 60.3 Å². The highest BCUT2D eigenvalue weighted by Gasteiger charge is 2.51. The molecule has 1 unspecified atom stereocenters. The molecule has 6 amide bonds. The molecule has 6 atom stereocenters. The van der Waals surface area contributed by atoms with Crippen molar-refractivity contribution in [3.05, 3.63) is 48.6 Å². The monoisotopic (exact) mass is 722 g/mol. The zero-order chi connectivity index (χ0) is 39.3. The van der Waals surface area contributed by atoms with E-state index in [9.17, 15) is 28.8 Å². The minimum atomic E-state index is -1.12. The van der Waals surface area contributed by atoms with E-state index >= 15 is 0 Å². The number of rotatable bonds is 14. The van der Waals surface area contributed by atoms with Crippen molar-refractivity contribution in [1.29, 1.82) is 0 Å². The van der Waals surface area contributed by atoms with Crippen LogP contribution in [0.15, 0.2) is 43.0 Å². The molecule has 12 heteroatoms. The van der Waals surface area contributed by atoms with Crippen LogP contribution >= 0.6 is 0 Å². The molecule has 0 radical (unpaired) electrons. The van der Waals surface area contributed by atoms with E-state index in [2.05, 4.69) is 27.8 Å². The van der Waals surface area contributed by atoms with Gasteiger partial charge in [-0.1, -0.05) is 111 Å². The Kier molecular flexibility index (Phi) is 13.5. The van der Waals surface area contributed by atoms with Crippen LogP contribution in [0.3, 0.4) is 0 Å². The predicted molar refractivity (Wildman–Crippen MR) is 201 cm³/mol. The number of hydrogen-bond donors (Lipinski definition) is 5. The van der Waals surface area contributed by atoms with E-state index in [1.165, 1.54) is 4.90 Å². The third-order valence-electron chi connectivity index (χ3n) is 10.6. The lowest BCUT2D eigenvalue weighted by Crippen LogP contribution is -2.63. The van der Waals surface area contributed by atoms with Crippen molar-refractivity contribution in [1.82, 2.24) is 26.2 Å². The van der Waals surface area contributed by atoms with E-state index in [1.807, 2.05) is 99.6 Å². The molecule has 1 aliphatic heterocycles. The van der Waals surface area contributed by atoms with Crippen LogP contribution in [0.2, 0.25) is 0 Å². The average Bonchev–Trinajstić information content (AvgIpc) is 3.42. The first-order chi connectivity index (χ1) is 24.0. The number of nitrogens with zero attached hydrogens (tertiary/aromatic N) is 1. The van der Waals surface area contributed by atoms with Crippen LogP contribution in [0.4, 0.5) is 4.79 Å². The van der Waals surface area contributed by atoms with Gasteiger partial charge < -0.3 is 31.9 Å². The van der Waals surface area contributed by atoms with E-state index in [1.54, 1.807) is 6.08 Å². The zero-order valence-corrected chi connectivity index (χ0v) is 32.8. The van der Waals surface area contributed by atoms with Gasteiger partial charge >= 0.3 is 6.03 Å². The van der Waals surface area contributed by atoms with Crippen molar-refractivity contribution in [2.24, 2.45) is 40.2 Å². The third kappa shape index (κ3) is 10.2. The standard InChI is InChI=1S/C40H62N6O6/c1-12-25-22-46(29(28(25)23(2)3)34(49)42-27(30(47)33(41)48)21-24-17-16-18-24)36(51)32(39(7,8)9)44-37(52)43-31(38(4,5)6)35(50)45-40(10,11)26-19-14-13-15-20-26/h12-15,19-20,23-25,27-29,31-32H,1,16-18,21-22H2,2-11H3,(H2,41,48)(H,42,49)(H,45,50)(H2,43,44,52)/t25-,27?,28-,29-,31+,32+/m0/s1. The van der Waals surface area contributed by atoms with Crippen LogP contribution in [0.1, 0.15) is 100 Å². The summed E-state index contributed by atoms with van der Waals surface area (Å²) < 4.78 is 0. The van der Waals surface area contributed by atoms with Crippen molar-refractivity contribution in [3.8, 4) is 0 Å². The fraction of sp³-hybridized carbons (Fsp3) is 0.650. The number of amides is 6. The minimum absolute atomic E-state index is 0.0657. The Morgan fingerprint density at radius 2 is 1.44 bits per heavy atom. The van der Waals surface area contributed by atoms with Gasteiger partial charge in [0.1, 0.15) is 18.1 Å². The van der Waals surface area contributed by atoms with Crippen LogP contribution in [-0.4, -0.2) is 71.1 Å². The number of hydrogen-bond acceptors (Lipinski definition) is 6. The van der Waals surface area contributed by atoms with Gasteiger partial charge in [0.25, 0.3) is 5.91 Å². The second-order valence-electron chi connectivity index (χ2n) is 17.7. The molecular weight excluding hydrogens is 660 g/mol. The number of ketones is 1. The van der Waals surface area contributed by atoms with Gasteiger partial charge in [0.05, 0.1) is 11.6 Å². The summed E-state index contributed by atoms with van der Waals surface area (Å²) in [5.74, 6) is -3.91. The lowest BCUT2D eigenvalue weighted by atomic mass is 9.79. The Bertz CT molecular complexity index is 1490. The van der Waals surface area contributed by atoms with Gasteiger partial charge in [0, 0.05) is 6.54 Å². The van der Waals surface area contributed by atoms with Crippen molar-refractivity contribution in [2.45, 2.75) is 125 Å². The summed E-state index contributed by atoms with van der Waals surface area (Å²) in [7, 11) is 0. The summed E-state index contributed by atoms with van der Waals surface area (Å²) in [5.41, 5.74) is 4.02. The molecule has 1 saturated heterocycles. The smallest absolute Gasteiger partial charge is 0.316 e. The van der Waals surface area contributed by atoms with Crippen LogP contribution in [0.25, 0.3) is 0 Å². The van der Waals surface area contributed by atoms with Crippen molar-refractivity contribution < 1.29 is 28.8 Å². The van der Waals surface area contributed by atoms with Crippen molar-refractivity contribution >= 4 is 35.4 Å². The number of Topliss-reactive ketones (excluding diaryl/α,β-unsaturated/α-hetero) is 1. The van der Waals surface area contributed by atoms with Crippen LogP contribution in [-0.2, 0) is 29.5 Å². The largest absolute Gasteiger partial charge is 0.363 e. The Hall–Kier alpha value is -4.22. The van der Waals surface area contributed by atoms with Gasteiger partial charge in [-0.25, -0.2) is 4.79 Å². The number of carbonyl (C=O) groups is 6. The molecular formula is C40H62N6O6. The molecule has 1 aromatic rings. The summed E-state index contributed by atoms with van der Waals surface area (Å²) >= 11 is 0. The Morgan fingerprint density at radius 1 is 0.885 bits per heavy atom. The first kappa shape index (κ1) is 42.2. The van der Waals surface area contributed by atoms with E-state index < -0.39 is 70.1 Å². The molecule has 0 spiro atoms. The molecule has 52 heavy (non-hydrogen) atoms. The lowest BCUT2D eigenvalue weighted by molar-refractivity contribution is -0.144. The molecule has 1 saturated carbocycles. The van der Waals surface area contributed by atoms with Gasteiger partial charge in [0.2, 0.25) is 23.5 Å². The zero-order valence-electron chi connectivity index (χ0n) is 32.8. The molecule has 1 aliphatic carbocycles. The fourth-order valence-electron chi connectivity index (χ4n) is 7.36. The SMILES string of the molecule is C=C[C@H]1CN(C(=O)[C@@H](NC(=O)N[C@H](C(=O)NC(C)(C)c2ccccc2)C(C)(C)C)C(C)(C)C)[C@H](C(=O)NC(CC2CCC2)C(=O)C(N)=O)[C@H]1C(C)C. The summed E-state index contributed by atoms with van der Waals surface area (Å²) in [6.07, 6.45) is 4.82. The number of primary amides is 1. The van der Waals surface area contributed by atoms with E-state index in [-0.39, 0.29) is 36.1 Å². The minimum Gasteiger partial charge on any atom is -0.363 e. The third-order valence-corrected chi connectivity index (χ3v) is 10.6. The summed E-state index contributed by atoms with van der Waals surface area (Å²) in [6.45, 7) is 22.8. The van der Waals surface area contributed by atoms with Gasteiger partial charge in [-0.2, -0.15) is 0 Å². The highest BCUT2D eigenvalue weighted by Crippen LogP contribution is 2.38. The molecule has 0 aromatic heterocycles. The maximum absolute atomic E-state index is 14.6. The van der Waals surface area contributed by atoms with Gasteiger partial charge in [0.15, 0.2) is 0 Å². The molecule has 288 valence electrons. The van der Waals surface area contributed by atoms with Crippen LogP contribution < -0.4 is 27.0 Å². The van der Waals surface area contributed by atoms with Crippen LogP contribution in [0.5, 0.6) is 0 Å². The lowest BCUT2D eigenvalue weighted by Gasteiger charge is -2.38. The van der Waals surface area contributed by atoms with E-state index in [0.717, 1.165) is 24.8 Å². The van der Waals surface area contributed by atoms with Gasteiger partial charge in [-0.3, -0.25) is 24.0 Å². The Balaban J connectivity index is 1.90. The summed E-state index contributed by atoms with van der Waals surface area (Å²) in [5, 5.41) is 11.5. The average molecular weight is 723 g/mol. The number of likely N-dealkylation sites (tertiary alicyclic amines) is 1. The molecule has 1 aromatic carbocycles. The fourth-order valence-corrected chi connectivity index (χ4v) is 7.36. The van der Waals surface area contributed by atoms with Crippen LogP contribution in [0, 0.1) is 34.5 Å². The van der Waals surface area contributed by atoms with E-state index in [0.29, 0.717) is 6.42 Å². The topological polar surface area (TPSA) is 180 Å². The number of carbonyl (C=O) groups excluding carboxylic acids is 6. The number of nitrogens with two attached hydrogens (primary N) is 1. The maximum Gasteiger partial charge on any atom is 0.316 e. The van der Waals surface area contributed by atoms with Gasteiger partial charge in [-0.15, -0.1) is 6.58 Å². The number of benzene rings is 1. The molecule has 12 nitrogen and oxygen atoms in total. The molecule has 1 heterocycles. The second-order valence-corrected chi connectivity index (χ2v) is 17.7. The molecule has 6 N–H and O–H groups in total. The summed E-state index contributed by atoms with van der Waals surface area (Å²) in [6, 6.07) is 4.62. The first-order valence-corrected chi connectivity index (χ1v) is 18.5. The second kappa shape index (κ2) is 16.6. The van der Waals surface area contributed by atoms with E-state index in [4.69, 9.17) is 5.73 Å². The number of urea groups is 1. The highest BCUT2D eigenvalue weighted by atomic mass is 16.2. The number of nitrogens with one attached hydrogen (secondary N) is 4. The molecule has 2 fully saturated rings. The maximum atomic E-state index is 14.6. The molecule has 2 aliphatic rings. The molecule has 3 rings (SSSR count). The normalized spacial score (nSPS) is 21.3. The highest BCUT2D eigenvalue weighted by molar-refractivity contribution is 6.37. The van der Waals surface area contributed by atoms with Crippen molar-refractivity contribution in [2.75, 3.05) is 6.54 Å². The van der Waals surface area contributed by atoms with Crippen molar-refractivity contribution in [3.63, 3.8) is 0 Å².